The zero-order valence-corrected chi connectivity index (χ0v) is 19.4. The molecule has 2 aliphatic rings. The van der Waals surface area contributed by atoms with E-state index in [4.69, 9.17) is 0 Å². The molecule has 0 aliphatic carbocycles. The summed E-state index contributed by atoms with van der Waals surface area (Å²) < 4.78 is 0. The van der Waals surface area contributed by atoms with E-state index in [0.717, 1.165) is 77.3 Å². The fourth-order valence-corrected chi connectivity index (χ4v) is 4.73. The predicted octanol–water partition coefficient (Wildman–Crippen LogP) is 3.68. The molecule has 2 N–H and O–H groups in total. The number of likely N-dealkylation sites (tertiary alicyclic amines) is 2. The molecule has 0 bridgehead atoms. The van der Waals surface area contributed by atoms with Crippen molar-refractivity contribution in [3.05, 3.63) is 0 Å². The fraction of sp³-hybridized carbons (Fsp3) is 0.833. The van der Waals surface area contributed by atoms with Gasteiger partial charge in [0.15, 0.2) is 5.41 Å². The minimum atomic E-state index is -1.75. The molecule has 0 atom stereocenters. The van der Waals surface area contributed by atoms with Crippen LogP contribution in [0.4, 0.5) is 0 Å². The SMILES string of the molecule is O=C(CCCCCCCCCCC(=O)N1CCC(C(=O)O)(C(=O)O)CC1)N1CCCCC1. The smallest absolute Gasteiger partial charge is 0.321 e. The van der Waals surface area contributed by atoms with E-state index in [1.54, 1.807) is 4.90 Å². The molecule has 182 valence electrons. The standard InChI is InChI=1S/C24H40N2O6/c27-20(25-16-10-7-11-17-25)12-8-5-3-1-2-4-6-9-13-21(28)26-18-14-24(15-19-26,22(29)30)23(31)32/h1-19H2,(H,29,30)(H,31,32). The van der Waals surface area contributed by atoms with Gasteiger partial charge < -0.3 is 20.0 Å². The highest BCUT2D eigenvalue weighted by atomic mass is 16.4. The highest BCUT2D eigenvalue weighted by molar-refractivity contribution is 5.98. The van der Waals surface area contributed by atoms with E-state index in [9.17, 15) is 29.4 Å². The molecule has 32 heavy (non-hydrogen) atoms. The van der Waals surface area contributed by atoms with Gasteiger partial charge in [-0.25, -0.2) is 0 Å². The Kier molecular flexibility index (Phi) is 11.0. The van der Waals surface area contributed by atoms with Crippen LogP contribution in [-0.4, -0.2) is 69.9 Å². The number of aliphatic carboxylic acids is 2. The largest absolute Gasteiger partial charge is 0.480 e. The monoisotopic (exact) mass is 452 g/mol. The van der Waals surface area contributed by atoms with E-state index < -0.39 is 17.4 Å². The van der Waals surface area contributed by atoms with Crippen LogP contribution < -0.4 is 0 Å². The molecule has 0 saturated carbocycles. The lowest BCUT2D eigenvalue weighted by Gasteiger charge is -2.36. The maximum Gasteiger partial charge on any atom is 0.321 e. The average molecular weight is 453 g/mol. The Morgan fingerprint density at radius 1 is 0.562 bits per heavy atom. The summed E-state index contributed by atoms with van der Waals surface area (Å²) in [6.45, 7) is 2.25. The molecule has 0 aromatic rings. The Morgan fingerprint density at radius 3 is 1.34 bits per heavy atom. The van der Waals surface area contributed by atoms with Gasteiger partial charge in [-0.15, -0.1) is 0 Å². The number of nitrogens with zero attached hydrogens (tertiary/aromatic N) is 2. The van der Waals surface area contributed by atoms with Crippen molar-refractivity contribution in [3.63, 3.8) is 0 Å². The second-order valence-corrected chi connectivity index (χ2v) is 9.34. The number of carbonyl (C=O) groups excluding carboxylic acids is 2. The number of rotatable bonds is 13. The molecule has 0 radical (unpaired) electrons. The van der Waals surface area contributed by atoms with Crippen molar-refractivity contribution in [1.29, 1.82) is 0 Å². The number of hydrogen-bond donors (Lipinski definition) is 2. The van der Waals surface area contributed by atoms with Gasteiger partial charge in [0.25, 0.3) is 0 Å². The lowest BCUT2D eigenvalue weighted by molar-refractivity contribution is -0.169. The molecule has 8 nitrogen and oxygen atoms in total. The van der Waals surface area contributed by atoms with Crippen molar-refractivity contribution in [3.8, 4) is 0 Å². The third-order valence-electron chi connectivity index (χ3n) is 7.03. The lowest BCUT2D eigenvalue weighted by atomic mass is 9.78. The fourth-order valence-electron chi connectivity index (χ4n) is 4.73. The van der Waals surface area contributed by atoms with Crippen LogP contribution in [0.1, 0.15) is 96.3 Å². The number of carbonyl (C=O) groups is 4. The van der Waals surface area contributed by atoms with Crippen LogP contribution in [-0.2, 0) is 19.2 Å². The molecule has 2 saturated heterocycles. The first-order valence-electron chi connectivity index (χ1n) is 12.4. The summed E-state index contributed by atoms with van der Waals surface area (Å²) in [5.74, 6) is -2.32. The van der Waals surface area contributed by atoms with Gasteiger partial charge in [-0.05, 0) is 44.9 Å². The molecule has 2 aliphatic heterocycles. The molecular formula is C24H40N2O6. The van der Waals surface area contributed by atoms with Crippen molar-refractivity contribution in [2.75, 3.05) is 26.2 Å². The Labute approximate surface area is 191 Å². The van der Waals surface area contributed by atoms with Gasteiger partial charge in [-0.3, -0.25) is 19.2 Å². The van der Waals surface area contributed by atoms with Crippen molar-refractivity contribution in [2.24, 2.45) is 5.41 Å². The maximum absolute atomic E-state index is 12.3. The molecule has 0 unspecified atom stereocenters. The number of amides is 2. The Bertz CT molecular complexity index is 620. The topological polar surface area (TPSA) is 115 Å². The van der Waals surface area contributed by atoms with Crippen LogP contribution in [0, 0.1) is 5.41 Å². The number of hydrogen-bond acceptors (Lipinski definition) is 4. The summed E-state index contributed by atoms with van der Waals surface area (Å²) in [6.07, 6.45) is 13.0. The minimum Gasteiger partial charge on any atom is -0.480 e. The Morgan fingerprint density at radius 2 is 0.938 bits per heavy atom. The molecular weight excluding hydrogens is 412 g/mol. The number of carboxylic acids is 2. The van der Waals surface area contributed by atoms with Gasteiger partial charge >= 0.3 is 11.9 Å². The second kappa shape index (κ2) is 13.4. The highest BCUT2D eigenvalue weighted by Crippen LogP contribution is 2.32. The molecule has 2 rings (SSSR count). The summed E-state index contributed by atoms with van der Waals surface area (Å²) >= 11 is 0. The molecule has 2 fully saturated rings. The third-order valence-corrected chi connectivity index (χ3v) is 7.03. The Balaban J connectivity index is 1.45. The highest BCUT2D eigenvalue weighted by Gasteiger charge is 2.49. The Hall–Kier alpha value is -2.12. The van der Waals surface area contributed by atoms with Crippen molar-refractivity contribution in [1.82, 2.24) is 9.80 Å². The number of piperidine rings is 2. The summed E-state index contributed by atoms with van der Waals surface area (Å²) in [5.41, 5.74) is -1.75. The van der Waals surface area contributed by atoms with Crippen molar-refractivity contribution >= 4 is 23.8 Å². The second-order valence-electron chi connectivity index (χ2n) is 9.34. The van der Waals surface area contributed by atoms with E-state index in [1.807, 2.05) is 4.90 Å². The summed E-state index contributed by atoms with van der Waals surface area (Å²) in [7, 11) is 0. The zero-order valence-electron chi connectivity index (χ0n) is 19.4. The van der Waals surface area contributed by atoms with E-state index in [-0.39, 0.29) is 31.8 Å². The first kappa shape index (κ1) is 26.1. The van der Waals surface area contributed by atoms with Crippen molar-refractivity contribution in [2.45, 2.75) is 96.3 Å². The van der Waals surface area contributed by atoms with E-state index >= 15 is 0 Å². The van der Waals surface area contributed by atoms with Gasteiger partial charge in [0.2, 0.25) is 11.8 Å². The van der Waals surface area contributed by atoms with Crippen LogP contribution in [0.3, 0.4) is 0 Å². The van der Waals surface area contributed by atoms with Gasteiger partial charge in [0, 0.05) is 39.0 Å². The molecule has 2 heterocycles. The van der Waals surface area contributed by atoms with Gasteiger partial charge in [0.1, 0.15) is 0 Å². The molecule has 8 heteroatoms. The first-order valence-corrected chi connectivity index (χ1v) is 12.4. The van der Waals surface area contributed by atoms with E-state index in [0.29, 0.717) is 18.7 Å². The molecule has 0 aromatic carbocycles. The first-order chi connectivity index (χ1) is 15.4. The van der Waals surface area contributed by atoms with Gasteiger partial charge in [-0.2, -0.15) is 0 Å². The summed E-state index contributed by atoms with van der Waals surface area (Å²) in [6, 6.07) is 0. The lowest BCUT2D eigenvalue weighted by Crippen LogP contribution is -2.50. The molecule has 0 spiro atoms. The van der Waals surface area contributed by atoms with Gasteiger partial charge in [0.05, 0.1) is 0 Å². The molecule has 0 aromatic heterocycles. The van der Waals surface area contributed by atoms with Crippen LogP contribution in [0.2, 0.25) is 0 Å². The normalized spacial score (nSPS) is 18.4. The third kappa shape index (κ3) is 7.78. The van der Waals surface area contributed by atoms with Crippen LogP contribution in [0.25, 0.3) is 0 Å². The van der Waals surface area contributed by atoms with Crippen LogP contribution in [0.15, 0.2) is 0 Å². The predicted molar refractivity (Wildman–Crippen MR) is 120 cm³/mol. The number of unbranched alkanes of at least 4 members (excludes halogenated alkanes) is 7. The quantitative estimate of drug-likeness (QED) is 0.325. The minimum absolute atomic E-state index is 0.00671. The average Bonchev–Trinajstić information content (AvgIpc) is 2.80. The summed E-state index contributed by atoms with van der Waals surface area (Å²) in [4.78, 5) is 50.7. The van der Waals surface area contributed by atoms with E-state index in [1.165, 1.54) is 6.42 Å². The van der Waals surface area contributed by atoms with E-state index in [2.05, 4.69) is 0 Å². The zero-order chi connectivity index (χ0) is 23.4. The van der Waals surface area contributed by atoms with Gasteiger partial charge in [-0.1, -0.05) is 38.5 Å². The molecule has 2 amide bonds. The maximum atomic E-state index is 12.3. The van der Waals surface area contributed by atoms with Crippen molar-refractivity contribution < 1.29 is 29.4 Å². The van der Waals surface area contributed by atoms with Crippen LogP contribution in [0.5, 0.6) is 0 Å². The van der Waals surface area contributed by atoms with Crippen LogP contribution >= 0.6 is 0 Å². The summed E-state index contributed by atoms with van der Waals surface area (Å²) in [5, 5.41) is 18.5. The number of carboxylic acid groups (broad SMARTS) is 2.